The minimum atomic E-state index is -1.52. The van der Waals surface area contributed by atoms with E-state index in [2.05, 4.69) is 0 Å². The van der Waals surface area contributed by atoms with Gasteiger partial charge in [0.05, 0.1) is 23.7 Å². The Morgan fingerprint density at radius 2 is 1.90 bits per heavy atom. The lowest BCUT2D eigenvalue weighted by molar-refractivity contribution is 0.411. The molecule has 0 radical (unpaired) electrons. The van der Waals surface area contributed by atoms with Crippen LogP contribution < -0.4 is 10.5 Å². The molecule has 0 heterocycles. The summed E-state index contributed by atoms with van der Waals surface area (Å²) in [4.78, 5) is 0.216. The maximum absolute atomic E-state index is 13.1. The molecule has 1 atom stereocenters. The summed E-state index contributed by atoms with van der Waals surface area (Å²) >= 11 is 0. The number of nitrogens with two attached hydrogens (primary N) is 1. The number of nitrogen functional groups attached to an aromatic ring is 1. The van der Waals surface area contributed by atoms with Crippen LogP contribution in [-0.2, 0) is 16.6 Å². The lowest BCUT2D eigenvalue weighted by Gasteiger charge is -2.09. The average Bonchev–Trinajstić information content (AvgIpc) is 2.42. The molecule has 0 saturated heterocycles. The zero-order valence-corrected chi connectivity index (χ0v) is 11.5. The van der Waals surface area contributed by atoms with Crippen LogP contribution in [0.2, 0.25) is 0 Å². The summed E-state index contributed by atoms with van der Waals surface area (Å²) < 4.78 is 43.3. The molecule has 3 nitrogen and oxygen atoms in total. The Bertz CT molecular complexity index is 662. The monoisotopic (exact) mass is 297 g/mol. The molecule has 0 aliphatic heterocycles. The number of hydrogen-bond donors (Lipinski definition) is 1. The van der Waals surface area contributed by atoms with E-state index >= 15 is 0 Å². The number of methoxy groups -OCH3 is 1. The van der Waals surface area contributed by atoms with E-state index in [1.54, 1.807) is 18.2 Å². The molecule has 0 aromatic heterocycles. The second-order valence-corrected chi connectivity index (χ2v) is 5.59. The second-order valence-electron chi connectivity index (χ2n) is 4.14. The van der Waals surface area contributed by atoms with Crippen LogP contribution in [-0.4, -0.2) is 11.3 Å². The van der Waals surface area contributed by atoms with Crippen LogP contribution in [0.4, 0.5) is 14.5 Å². The molecule has 1 unspecified atom stereocenters. The van der Waals surface area contributed by atoms with E-state index in [0.717, 1.165) is 12.1 Å². The molecule has 106 valence electrons. The van der Waals surface area contributed by atoms with Crippen LogP contribution in [0.5, 0.6) is 5.75 Å². The molecule has 6 heteroatoms. The first-order valence-corrected chi connectivity index (χ1v) is 7.09. The van der Waals surface area contributed by atoms with Gasteiger partial charge in [0, 0.05) is 16.1 Å². The van der Waals surface area contributed by atoms with Gasteiger partial charge in [0.25, 0.3) is 0 Å². The Balaban J connectivity index is 2.27. The smallest absolute Gasteiger partial charge is 0.160 e. The quantitative estimate of drug-likeness (QED) is 0.883. The number of halogens is 2. The van der Waals surface area contributed by atoms with Crippen molar-refractivity contribution in [3.63, 3.8) is 0 Å². The summed E-state index contributed by atoms with van der Waals surface area (Å²) in [5.41, 5.74) is 6.84. The molecule has 0 saturated carbocycles. The van der Waals surface area contributed by atoms with Gasteiger partial charge in [0.15, 0.2) is 11.6 Å². The van der Waals surface area contributed by atoms with Crippen LogP contribution in [0.1, 0.15) is 5.56 Å². The number of ether oxygens (including phenoxy) is 1. The zero-order chi connectivity index (χ0) is 14.7. The van der Waals surface area contributed by atoms with Gasteiger partial charge in [0.2, 0.25) is 0 Å². The molecule has 0 bridgehead atoms. The SMILES string of the molecule is COc1ccc(N)cc1CS(=O)c1ccc(F)c(F)c1. The molecule has 2 N–H and O–H groups in total. The molecule has 0 fully saturated rings. The van der Waals surface area contributed by atoms with E-state index < -0.39 is 22.4 Å². The third kappa shape index (κ3) is 3.14. The Labute approximate surface area is 117 Å². The van der Waals surface area contributed by atoms with Crippen molar-refractivity contribution in [2.24, 2.45) is 0 Å². The van der Waals surface area contributed by atoms with Gasteiger partial charge in [0.1, 0.15) is 5.75 Å². The Morgan fingerprint density at radius 1 is 1.15 bits per heavy atom. The number of rotatable bonds is 4. The number of benzene rings is 2. The summed E-state index contributed by atoms with van der Waals surface area (Å²) in [7, 11) is -0.0198. The first kappa shape index (κ1) is 14.5. The minimum Gasteiger partial charge on any atom is -0.496 e. The lowest BCUT2D eigenvalue weighted by Crippen LogP contribution is -2.01. The average molecular weight is 297 g/mol. The summed E-state index contributed by atoms with van der Waals surface area (Å²) in [6.07, 6.45) is 0. The van der Waals surface area contributed by atoms with Crippen LogP contribution in [0.15, 0.2) is 41.3 Å². The van der Waals surface area contributed by atoms with Gasteiger partial charge in [-0.05, 0) is 36.4 Å². The van der Waals surface area contributed by atoms with Gasteiger partial charge in [-0.2, -0.15) is 0 Å². The summed E-state index contributed by atoms with van der Waals surface area (Å²) in [6.45, 7) is 0. The third-order valence-electron chi connectivity index (χ3n) is 2.75. The van der Waals surface area contributed by atoms with Gasteiger partial charge >= 0.3 is 0 Å². The van der Waals surface area contributed by atoms with Crippen molar-refractivity contribution in [2.45, 2.75) is 10.6 Å². The van der Waals surface area contributed by atoms with E-state index in [9.17, 15) is 13.0 Å². The number of anilines is 1. The van der Waals surface area contributed by atoms with Crippen LogP contribution in [0.3, 0.4) is 0 Å². The highest BCUT2D eigenvalue weighted by atomic mass is 32.2. The molecule has 0 aliphatic carbocycles. The Kier molecular flexibility index (Phi) is 4.34. The van der Waals surface area contributed by atoms with Crippen molar-refractivity contribution in [1.29, 1.82) is 0 Å². The normalized spacial score (nSPS) is 12.2. The topological polar surface area (TPSA) is 52.3 Å². The second kappa shape index (κ2) is 6.00. The first-order chi connectivity index (χ1) is 9.51. The van der Waals surface area contributed by atoms with Crippen LogP contribution in [0, 0.1) is 11.6 Å². The summed E-state index contributed by atoms with van der Waals surface area (Å²) in [6, 6.07) is 8.18. The fraction of sp³-hybridized carbons (Fsp3) is 0.143. The molecule has 0 spiro atoms. The van der Waals surface area contributed by atoms with Gasteiger partial charge in [-0.1, -0.05) is 0 Å². The van der Waals surface area contributed by atoms with Gasteiger partial charge in [-0.15, -0.1) is 0 Å². The molecule has 0 amide bonds. The number of hydrogen-bond acceptors (Lipinski definition) is 3. The fourth-order valence-electron chi connectivity index (χ4n) is 1.75. The zero-order valence-electron chi connectivity index (χ0n) is 10.7. The highest BCUT2D eigenvalue weighted by Gasteiger charge is 2.12. The predicted octanol–water partition coefficient (Wildman–Crippen LogP) is 2.86. The fourth-order valence-corrected chi connectivity index (χ4v) is 2.88. The third-order valence-corrected chi connectivity index (χ3v) is 4.10. The molecule has 2 rings (SSSR count). The Hall–Kier alpha value is -1.95. The Morgan fingerprint density at radius 3 is 2.55 bits per heavy atom. The van der Waals surface area contributed by atoms with Crippen molar-refractivity contribution in [2.75, 3.05) is 12.8 Å². The molecular weight excluding hydrogens is 284 g/mol. The molecule has 0 aliphatic rings. The van der Waals surface area contributed by atoms with E-state index in [4.69, 9.17) is 10.5 Å². The van der Waals surface area contributed by atoms with Crippen molar-refractivity contribution in [1.82, 2.24) is 0 Å². The first-order valence-electron chi connectivity index (χ1n) is 5.77. The lowest BCUT2D eigenvalue weighted by atomic mass is 10.2. The van der Waals surface area contributed by atoms with E-state index in [-0.39, 0.29) is 10.6 Å². The molecule has 20 heavy (non-hydrogen) atoms. The molecular formula is C14H13F2NO2S. The molecule has 2 aromatic carbocycles. The largest absolute Gasteiger partial charge is 0.496 e. The van der Waals surface area contributed by atoms with Crippen molar-refractivity contribution < 1.29 is 17.7 Å². The van der Waals surface area contributed by atoms with Crippen LogP contribution >= 0.6 is 0 Å². The van der Waals surface area contributed by atoms with Gasteiger partial charge < -0.3 is 10.5 Å². The molecule has 2 aromatic rings. The summed E-state index contributed by atoms with van der Waals surface area (Å²) in [5, 5.41) is 0. The van der Waals surface area contributed by atoms with Gasteiger partial charge in [-0.25, -0.2) is 8.78 Å². The maximum atomic E-state index is 13.1. The standard InChI is InChI=1S/C14H13F2NO2S/c1-19-14-5-2-10(17)6-9(14)8-20(18)11-3-4-12(15)13(16)7-11/h2-7H,8,17H2,1H3. The van der Waals surface area contributed by atoms with Crippen molar-refractivity contribution in [3.05, 3.63) is 53.6 Å². The van der Waals surface area contributed by atoms with Crippen molar-refractivity contribution in [3.8, 4) is 5.75 Å². The summed E-state index contributed by atoms with van der Waals surface area (Å²) in [5.74, 6) is -1.32. The van der Waals surface area contributed by atoms with Gasteiger partial charge in [-0.3, -0.25) is 4.21 Å². The minimum absolute atomic E-state index is 0.110. The maximum Gasteiger partial charge on any atom is 0.160 e. The van der Waals surface area contributed by atoms with E-state index in [1.165, 1.54) is 13.2 Å². The van der Waals surface area contributed by atoms with E-state index in [0.29, 0.717) is 17.0 Å². The van der Waals surface area contributed by atoms with E-state index in [1.807, 2.05) is 0 Å². The highest BCUT2D eigenvalue weighted by Crippen LogP contribution is 2.24. The predicted molar refractivity (Wildman–Crippen MR) is 73.9 cm³/mol. The van der Waals surface area contributed by atoms with Crippen LogP contribution in [0.25, 0.3) is 0 Å². The highest BCUT2D eigenvalue weighted by molar-refractivity contribution is 7.84. The van der Waals surface area contributed by atoms with Crippen molar-refractivity contribution >= 4 is 16.5 Å².